The predicted molar refractivity (Wildman–Crippen MR) is 46.9 cm³/mol. The van der Waals surface area contributed by atoms with E-state index < -0.39 is 0 Å². The summed E-state index contributed by atoms with van der Waals surface area (Å²) in [5.74, 6) is 0. The fourth-order valence-electron chi connectivity index (χ4n) is 0.791. The minimum absolute atomic E-state index is 0.403. The summed E-state index contributed by atoms with van der Waals surface area (Å²) in [6.45, 7) is 10.6. The van der Waals surface area contributed by atoms with Gasteiger partial charge in [0.05, 0.1) is 0 Å². The average molecular weight is 141 g/mol. The quantitative estimate of drug-likeness (QED) is 0.634. The van der Waals surface area contributed by atoms with Gasteiger partial charge in [-0.15, -0.1) is 0 Å². The summed E-state index contributed by atoms with van der Waals surface area (Å²) in [6.07, 6.45) is 2.27. The van der Waals surface area contributed by atoms with Crippen LogP contribution >= 0.6 is 0 Å². The number of allylic oxidation sites excluding steroid dienone is 1. The molecule has 0 bridgehead atoms. The normalized spacial score (nSPS) is 11.2. The largest absolute Gasteiger partial charge is 0.392 e. The number of nitrogens with one attached hydrogen (secondary N) is 1. The van der Waals surface area contributed by atoms with Crippen molar-refractivity contribution < 1.29 is 0 Å². The molecule has 0 saturated heterocycles. The highest BCUT2D eigenvalue weighted by Crippen LogP contribution is 2.26. The molecule has 60 valence electrons. The molecule has 0 heterocycles. The third-order valence-electron chi connectivity index (χ3n) is 2.00. The molecule has 0 amide bonds. The third kappa shape index (κ3) is 3.54. The Bertz CT molecular complexity index is 114. The molecule has 0 aliphatic heterocycles. The van der Waals surface area contributed by atoms with E-state index in [0.717, 1.165) is 12.1 Å². The van der Waals surface area contributed by atoms with Gasteiger partial charge in [-0.3, -0.25) is 0 Å². The summed E-state index contributed by atoms with van der Waals surface area (Å²) in [4.78, 5) is 0. The molecular formula is C9H19N. The van der Waals surface area contributed by atoms with Crippen molar-refractivity contribution in [2.75, 3.05) is 7.05 Å². The zero-order valence-corrected chi connectivity index (χ0v) is 7.62. The zero-order chi connectivity index (χ0) is 8.20. The van der Waals surface area contributed by atoms with E-state index in [-0.39, 0.29) is 0 Å². The van der Waals surface area contributed by atoms with Gasteiger partial charge >= 0.3 is 0 Å². The highest BCUT2D eigenvalue weighted by Gasteiger charge is 2.15. The first kappa shape index (κ1) is 9.54. The van der Waals surface area contributed by atoms with Gasteiger partial charge in [0.2, 0.25) is 0 Å². The fourth-order valence-corrected chi connectivity index (χ4v) is 0.791. The zero-order valence-electron chi connectivity index (χ0n) is 7.62. The van der Waals surface area contributed by atoms with Crippen LogP contribution in [0.3, 0.4) is 0 Å². The first-order chi connectivity index (χ1) is 4.52. The van der Waals surface area contributed by atoms with Gasteiger partial charge in [-0.2, -0.15) is 0 Å². The average Bonchev–Trinajstić information content (AvgIpc) is 1.87. The van der Waals surface area contributed by atoms with Crippen molar-refractivity contribution in [1.82, 2.24) is 5.32 Å². The molecule has 0 rings (SSSR count). The maximum Gasteiger partial charge on any atom is 0.00364 e. The van der Waals surface area contributed by atoms with Crippen molar-refractivity contribution in [2.45, 2.75) is 33.6 Å². The maximum atomic E-state index is 3.90. The van der Waals surface area contributed by atoms with Crippen molar-refractivity contribution in [2.24, 2.45) is 5.41 Å². The molecule has 0 radical (unpaired) electrons. The molecule has 0 aliphatic rings. The predicted octanol–water partition coefficient (Wildman–Crippen LogP) is 2.55. The molecule has 0 fully saturated rings. The Hall–Kier alpha value is -0.460. The first-order valence-corrected chi connectivity index (χ1v) is 3.87. The molecule has 1 nitrogen and oxygen atoms in total. The van der Waals surface area contributed by atoms with Gasteiger partial charge in [0, 0.05) is 12.7 Å². The summed E-state index contributed by atoms with van der Waals surface area (Å²) in [5, 5.41) is 3.06. The highest BCUT2D eigenvalue weighted by atomic mass is 14.8. The maximum absolute atomic E-state index is 3.90. The van der Waals surface area contributed by atoms with E-state index in [1.807, 2.05) is 7.05 Å². The van der Waals surface area contributed by atoms with E-state index in [1.54, 1.807) is 0 Å². The summed E-state index contributed by atoms with van der Waals surface area (Å²) in [5.41, 5.74) is 1.53. The summed E-state index contributed by atoms with van der Waals surface area (Å²) in [6, 6.07) is 0. The molecule has 0 aromatic heterocycles. The van der Waals surface area contributed by atoms with Crippen LogP contribution in [0.4, 0.5) is 0 Å². The fraction of sp³-hybridized carbons (Fsp3) is 0.778. The number of rotatable bonds is 4. The van der Waals surface area contributed by atoms with E-state index in [2.05, 4.69) is 32.7 Å². The van der Waals surface area contributed by atoms with Crippen molar-refractivity contribution in [3.63, 3.8) is 0 Å². The van der Waals surface area contributed by atoms with Crippen LogP contribution in [0.5, 0.6) is 0 Å². The topological polar surface area (TPSA) is 12.0 Å². The minimum Gasteiger partial charge on any atom is -0.392 e. The van der Waals surface area contributed by atoms with Crippen molar-refractivity contribution >= 4 is 0 Å². The van der Waals surface area contributed by atoms with Gasteiger partial charge in [0.1, 0.15) is 0 Å². The standard InChI is InChI=1S/C9H19N/c1-6-9(3,4)7-8(2)10-5/h10H,2,6-7H2,1,3-5H3. The number of hydrogen-bond acceptors (Lipinski definition) is 1. The summed E-state index contributed by atoms with van der Waals surface area (Å²) >= 11 is 0. The molecule has 10 heavy (non-hydrogen) atoms. The molecule has 0 saturated carbocycles. The van der Waals surface area contributed by atoms with Gasteiger partial charge in [0.25, 0.3) is 0 Å². The second kappa shape index (κ2) is 3.65. The van der Waals surface area contributed by atoms with Gasteiger partial charge in [-0.1, -0.05) is 33.8 Å². The van der Waals surface area contributed by atoms with Crippen LogP contribution in [0.1, 0.15) is 33.6 Å². The minimum atomic E-state index is 0.403. The van der Waals surface area contributed by atoms with Crippen LogP contribution in [-0.4, -0.2) is 7.05 Å². The van der Waals surface area contributed by atoms with E-state index in [9.17, 15) is 0 Å². The van der Waals surface area contributed by atoms with E-state index in [1.165, 1.54) is 6.42 Å². The Morgan fingerprint density at radius 3 is 2.30 bits per heavy atom. The SMILES string of the molecule is C=C(CC(C)(C)CC)NC. The lowest BCUT2D eigenvalue weighted by Crippen LogP contribution is -2.16. The van der Waals surface area contributed by atoms with Crippen LogP contribution in [0.25, 0.3) is 0 Å². The molecule has 0 unspecified atom stereocenters. The van der Waals surface area contributed by atoms with Gasteiger partial charge in [0.15, 0.2) is 0 Å². The van der Waals surface area contributed by atoms with Crippen LogP contribution < -0.4 is 5.32 Å². The second-order valence-electron chi connectivity index (χ2n) is 3.55. The van der Waals surface area contributed by atoms with Crippen LogP contribution in [0, 0.1) is 5.41 Å². The molecule has 0 spiro atoms. The molecule has 1 N–H and O–H groups in total. The van der Waals surface area contributed by atoms with Gasteiger partial charge in [-0.05, 0) is 11.8 Å². The third-order valence-corrected chi connectivity index (χ3v) is 2.00. The molecule has 1 heteroatoms. The van der Waals surface area contributed by atoms with Crippen molar-refractivity contribution in [1.29, 1.82) is 0 Å². The van der Waals surface area contributed by atoms with Crippen LogP contribution in [0.2, 0.25) is 0 Å². The van der Waals surface area contributed by atoms with E-state index in [4.69, 9.17) is 0 Å². The Morgan fingerprint density at radius 1 is 1.50 bits per heavy atom. The van der Waals surface area contributed by atoms with Gasteiger partial charge in [-0.25, -0.2) is 0 Å². The van der Waals surface area contributed by atoms with E-state index in [0.29, 0.717) is 5.41 Å². The lowest BCUT2D eigenvalue weighted by atomic mass is 9.85. The molecular weight excluding hydrogens is 122 g/mol. The summed E-state index contributed by atoms with van der Waals surface area (Å²) in [7, 11) is 1.92. The molecule has 0 aromatic rings. The lowest BCUT2D eigenvalue weighted by molar-refractivity contribution is 0.342. The monoisotopic (exact) mass is 141 g/mol. The highest BCUT2D eigenvalue weighted by molar-refractivity contribution is 4.94. The Labute approximate surface area is 64.5 Å². The molecule has 0 aromatic carbocycles. The Kier molecular flexibility index (Phi) is 3.48. The molecule has 0 aliphatic carbocycles. The van der Waals surface area contributed by atoms with Crippen molar-refractivity contribution in [3.05, 3.63) is 12.3 Å². The summed E-state index contributed by atoms with van der Waals surface area (Å²) < 4.78 is 0. The lowest BCUT2D eigenvalue weighted by Gasteiger charge is -2.23. The van der Waals surface area contributed by atoms with Crippen LogP contribution in [-0.2, 0) is 0 Å². The number of hydrogen-bond donors (Lipinski definition) is 1. The van der Waals surface area contributed by atoms with Gasteiger partial charge < -0.3 is 5.32 Å². The van der Waals surface area contributed by atoms with Crippen molar-refractivity contribution in [3.8, 4) is 0 Å². The first-order valence-electron chi connectivity index (χ1n) is 3.87. The molecule has 0 atom stereocenters. The van der Waals surface area contributed by atoms with Crippen LogP contribution in [0.15, 0.2) is 12.3 Å². The van der Waals surface area contributed by atoms with E-state index >= 15 is 0 Å². The Balaban J connectivity index is 3.76. The second-order valence-corrected chi connectivity index (χ2v) is 3.55. The smallest absolute Gasteiger partial charge is 0.00364 e. The Morgan fingerprint density at radius 2 is 2.00 bits per heavy atom.